The molecule has 1 nitrogen and oxygen atoms in total. The maximum Gasteiger partial charge on any atom is 0.0137 e. The Balaban J connectivity index is 0.000000878. The van der Waals surface area contributed by atoms with Gasteiger partial charge in [-0.2, -0.15) is 0 Å². The Morgan fingerprint density at radius 2 is 1.89 bits per heavy atom. The highest BCUT2D eigenvalue weighted by molar-refractivity contribution is 5.86. The van der Waals surface area contributed by atoms with Crippen molar-refractivity contribution in [2.45, 2.75) is 46.5 Å². The SMILES string of the molecule is C=C1CC(C(Cc2ccc3ccccc3c2C)C(=C)CN)CCC1C.C=CC. The van der Waals surface area contributed by atoms with Crippen molar-refractivity contribution in [3.05, 3.63) is 84.5 Å². The molecule has 28 heavy (non-hydrogen) atoms. The van der Waals surface area contributed by atoms with E-state index in [9.17, 15) is 0 Å². The summed E-state index contributed by atoms with van der Waals surface area (Å²) in [7, 11) is 0. The predicted molar refractivity (Wildman–Crippen MR) is 126 cm³/mol. The molecular weight excluding hydrogens is 338 g/mol. The highest BCUT2D eigenvalue weighted by atomic mass is 14.5. The van der Waals surface area contributed by atoms with Crippen molar-refractivity contribution in [1.29, 1.82) is 0 Å². The summed E-state index contributed by atoms with van der Waals surface area (Å²) < 4.78 is 0. The largest absolute Gasteiger partial charge is 0.327 e. The number of rotatable bonds is 5. The zero-order chi connectivity index (χ0) is 20.7. The predicted octanol–water partition coefficient (Wildman–Crippen LogP) is 7.01. The first-order chi connectivity index (χ1) is 13.4. The van der Waals surface area contributed by atoms with Gasteiger partial charge in [0, 0.05) is 6.54 Å². The van der Waals surface area contributed by atoms with Crippen molar-refractivity contribution >= 4 is 10.8 Å². The molecule has 1 fully saturated rings. The molecule has 3 atom stereocenters. The van der Waals surface area contributed by atoms with E-state index in [0.29, 0.717) is 24.3 Å². The van der Waals surface area contributed by atoms with Crippen molar-refractivity contribution in [2.24, 2.45) is 23.5 Å². The van der Waals surface area contributed by atoms with Gasteiger partial charge in [-0.25, -0.2) is 0 Å². The second-order valence-electron chi connectivity index (χ2n) is 8.25. The lowest BCUT2D eigenvalue weighted by atomic mass is 9.70. The zero-order valence-electron chi connectivity index (χ0n) is 18.0. The van der Waals surface area contributed by atoms with Crippen LogP contribution in [0.2, 0.25) is 0 Å². The van der Waals surface area contributed by atoms with E-state index in [2.05, 4.69) is 70.0 Å². The summed E-state index contributed by atoms with van der Waals surface area (Å²) in [6.07, 6.45) is 6.42. The van der Waals surface area contributed by atoms with E-state index in [0.717, 1.165) is 12.8 Å². The van der Waals surface area contributed by atoms with Crippen LogP contribution in [0, 0.1) is 24.7 Å². The van der Waals surface area contributed by atoms with Gasteiger partial charge in [-0.05, 0) is 79.2 Å². The first-order valence-electron chi connectivity index (χ1n) is 10.5. The van der Waals surface area contributed by atoms with Crippen molar-refractivity contribution in [3.8, 4) is 0 Å². The second kappa shape index (κ2) is 10.4. The molecule has 0 saturated heterocycles. The third-order valence-corrected chi connectivity index (χ3v) is 6.30. The lowest BCUT2D eigenvalue weighted by Crippen LogP contribution is -2.27. The highest BCUT2D eigenvalue weighted by Gasteiger charge is 2.29. The molecule has 0 amide bonds. The van der Waals surface area contributed by atoms with E-state index >= 15 is 0 Å². The van der Waals surface area contributed by atoms with Crippen LogP contribution in [-0.2, 0) is 6.42 Å². The van der Waals surface area contributed by atoms with E-state index < -0.39 is 0 Å². The molecule has 1 aliphatic rings. The molecule has 3 rings (SSSR count). The molecule has 0 spiro atoms. The monoisotopic (exact) mass is 375 g/mol. The molecule has 2 aromatic carbocycles. The molecule has 0 aromatic heterocycles. The van der Waals surface area contributed by atoms with Crippen molar-refractivity contribution in [2.75, 3.05) is 6.54 Å². The fourth-order valence-electron chi connectivity index (χ4n) is 4.38. The van der Waals surface area contributed by atoms with Crippen LogP contribution < -0.4 is 5.73 Å². The van der Waals surface area contributed by atoms with Crippen LogP contribution in [0.1, 0.15) is 44.2 Å². The van der Waals surface area contributed by atoms with Crippen LogP contribution in [0.15, 0.2) is 73.4 Å². The fourth-order valence-corrected chi connectivity index (χ4v) is 4.38. The van der Waals surface area contributed by atoms with E-state index in [1.54, 1.807) is 6.08 Å². The van der Waals surface area contributed by atoms with Gasteiger partial charge in [0.2, 0.25) is 0 Å². The number of benzene rings is 2. The molecule has 2 aromatic rings. The van der Waals surface area contributed by atoms with E-state index in [4.69, 9.17) is 5.73 Å². The van der Waals surface area contributed by atoms with E-state index in [1.165, 1.54) is 45.9 Å². The normalized spacial score (nSPS) is 20.2. The van der Waals surface area contributed by atoms with Gasteiger partial charge in [-0.15, -0.1) is 6.58 Å². The van der Waals surface area contributed by atoms with Gasteiger partial charge in [0.25, 0.3) is 0 Å². The van der Waals surface area contributed by atoms with Gasteiger partial charge in [-0.3, -0.25) is 0 Å². The summed E-state index contributed by atoms with van der Waals surface area (Å²) in [6, 6.07) is 13.2. The minimum absolute atomic E-state index is 0.453. The number of hydrogen-bond donors (Lipinski definition) is 1. The Morgan fingerprint density at radius 1 is 1.21 bits per heavy atom. The molecule has 1 saturated carbocycles. The van der Waals surface area contributed by atoms with Crippen LogP contribution >= 0.6 is 0 Å². The number of fused-ring (bicyclic) bond motifs is 1. The molecule has 0 aliphatic heterocycles. The molecule has 3 unspecified atom stereocenters. The fraction of sp³-hybridized carbons (Fsp3) is 0.407. The maximum atomic E-state index is 6.00. The quantitative estimate of drug-likeness (QED) is 0.559. The molecule has 1 aliphatic carbocycles. The minimum atomic E-state index is 0.453. The number of allylic oxidation sites excluding steroid dienone is 2. The standard InChI is InChI=1S/C24H31N.C3H6/c1-16-9-10-22(13-17(16)2)24(18(3)15-25)14-21-12-11-20-7-5-6-8-23(20)19(21)4;1-3-2/h5-8,11-12,16,22,24H,2-3,9-10,13-15,25H2,1,4H3;3H,1H2,2H3. The van der Waals surface area contributed by atoms with E-state index in [-0.39, 0.29) is 0 Å². The average molecular weight is 376 g/mol. The first kappa shape index (κ1) is 22.2. The van der Waals surface area contributed by atoms with Crippen LogP contribution in [0.25, 0.3) is 10.8 Å². The molecule has 2 N–H and O–H groups in total. The number of nitrogens with two attached hydrogens (primary N) is 1. The lowest BCUT2D eigenvalue weighted by molar-refractivity contribution is 0.283. The Labute approximate surface area is 172 Å². The Hall–Kier alpha value is -2.12. The van der Waals surface area contributed by atoms with Crippen molar-refractivity contribution < 1.29 is 0 Å². The molecular formula is C27H37N. The number of hydrogen-bond acceptors (Lipinski definition) is 1. The Bertz CT molecular complexity index is 829. The molecule has 0 radical (unpaired) electrons. The highest BCUT2D eigenvalue weighted by Crippen LogP contribution is 2.40. The van der Waals surface area contributed by atoms with Gasteiger partial charge in [0.05, 0.1) is 0 Å². The van der Waals surface area contributed by atoms with Crippen LogP contribution in [-0.4, -0.2) is 6.54 Å². The third kappa shape index (κ3) is 5.23. The van der Waals surface area contributed by atoms with Crippen LogP contribution in [0.4, 0.5) is 0 Å². The van der Waals surface area contributed by atoms with Gasteiger partial charge in [0.1, 0.15) is 0 Å². The maximum absolute atomic E-state index is 6.00. The summed E-state index contributed by atoms with van der Waals surface area (Å²) in [5, 5.41) is 2.68. The average Bonchev–Trinajstić information content (AvgIpc) is 2.70. The topological polar surface area (TPSA) is 26.0 Å². The van der Waals surface area contributed by atoms with Crippen LogP contribution in [0.5, 0.6) is 0 Å². The lowest BCUT2D eigenvalue weighted by Gasteiger charge is -2.35. The Morgan fingerprint density at radius 3 is 2.54 bits per heavy atom. The molecule has 0 bridgehead atoms. The Kier molecular flexibility index (Phi) is 8.26. The third-order valence-electron chi connectivity index (χ3n) is 6.30. The van der Waals surface area contributed by atoms with Gasteiger partial charge < -0.3 is 5.73 Å². The van der Waals surface area contributed by atoms with Gasteiger partial charge in [-0.1, -0.05) is 73.7 Å². The molecule has 150 valence electrons. The number of aryl methyl sites for hydroxylation is 1. The van der Waals surface area contributed by atoms with Crippen LogP contribution in [0.3, 0.4) is 0 Å². The minimum Gasteiger partial charge on any atom is -0.327 e. The molecule has 1 heteroatoms. The summed E-state index contributed by atoms with van der Waals surface area (Å²) in [4.78, 5) is 0. The van der Waals surface area contributed by atoms with Gasteiger partial charge >= 0.3 is 0 Å². The second-order valence-corrected chi connectivity index (χ2v) is 8.25. The first-order valence-corrected chi connectivity index (χ1v) is 10.5. The summed E-state index contributed by atoms with van der Waals surface area (Å²) in [5.74, 6) is 1.74. The smallest absolute Gasteiger partial charge is 0.0137 e. The summed E-state index contributed by atoms with van der Waals surface area (Å²) in [6.45, 7) is 19.0. The summed E-state index contributed by atoms with van der Waals surface area (Å²) in [5.41, 5.74) is 11.4. The zero-order valence-corrected chi connectivity index (χ0v) is 18.0. The molecule has 0 heterocycles. The summed E-state index contributed by atoms with van der Waals surface area (Å²) >= 11 is 0. The van der Waals surface area contributed by atoms with E-state index in [1.807, 2.05) is 6.92 Å². The van der Waals surface area contributed by atoms with Crippen molar-refractivity contribution in [3.63, 3.8) is 0 Å². The van der Waals surface area contributed by atoms with Crippen molar-refractivity contribution in [1.82, 2.24) is 0 Å². The van der Waals surface area contributed by atoms with Gasteiger partial charge in [0.15, 0.2) is 0 Å².